The molecule has 0 spiro atoms. The molecule has 0 unspecified atom stereocenters. The van der Waals surface area contributed by atoms with Crippen LogP contribution in [0.15, 0.2) is 47.6 Å². The van der Waals surface area contributed by atoms with Gasteiger partial charge in [-0.3, -0.25) is 4.79 Å². The molecule has 2 aromatic heterocycles. The number of hydrogen-bond donors (Lipinski definition) is 1. The van der Waals surface area contributed by atoms with Crippen LogP contribution in [0.4, 0.5) is 5.82 Å². The van der Waals surface area contributed by atoms with Crippen LogP contribution in [0.2, 0.25) is 0 Å². The van der Waals surface area contributed by atoms with Gasteiger partial charge < -0.3 is 10.2 Å². The molecular formula is C17H18N6OS. The van der Waals surface area contributed by atoms with Gasteiger partial charge in [0.05, 0.1) is 0 Å². The zero-order valence-corrected chi connectivity index (χ0v) is 14.6. The van der Waals surface area contributed by atoms with Crippen LogP contribution in [0.1, 0.15) is 16.8 Å². The minimum absolute atomic E-state index is 0.0232. The van der Waals surface area contributed by atoms with E-state index in [1.807, 2.05) is 42.7 Å². The summed E-state index contributed by atoms with van der Waals surface area (Å²) in [5.74, 6) is 0.846. The van der Waals surface area contributed by atoms with Gasteiger partial charge in [0.15, 0.2) is 5.65 Å². The molecule has 1 aliphatic heterocycles. The molecule has 8 heteroatoms. The van der Waals surface area contributed by atoms with Crippen molar-refractivity contribution in [1.82, 2.24) is 25.1 Å². The van der Waals surface area contributed by atoms with E-state index in [-0.39, 0.29) is 11.9 Å². The molecule has 1 aromatic carbocycles. The Kier molecular flexibility index (Phi) is 4.27. The van der Waals surface area contributed by atoms with Crippen LogP contribution in [0.5, 0.6) is 0 Å². The average molecular weight is 354 g/mol. The molecule has 1 fully saturated rings. The highest BCUT2D eigenvalue weighted by molar-refractivity contribution is 7.98. The fourth-order valence-corrected chi connectivity index (χ4v) is 3.47. The maximum absolute atomic E-state index is 12.5. The molecule has 7 nitrogen and oxygen atoms in total. The SMILES string of the molecule is CSc1cccc(C(=O)N[C@@H]2CCN(c3ccc4nncn4n3)C2)c1. The molecular weight excluding hydrogens is 336 g/mol. The van der Waals surface area contributed by atoms with Crippen molar-refractivity contribution in [3.05, 3.63) is 48.3 Å². The van der Waals surface area contributed by atoms with E-state index in [1.165, 1.54) is 0 Å². The van der Waals surface area contributed by atoms with Gasteiger partial charge in [-0.15, -0.1) is 27.1 Å². The number of aromatic nitrogens is 4. The number of fused-ring (bicyclic) bond motifs is 1. The number of nitrogens with zero attached hydrogens (tertiary/aromatic N) is 5. The second-order valence-electron chi connectivity index (χ2n) is 5.96. The van der Waals surface area contributed by atoms with Crippen molar-refractivity contribution in [2.45, 2.75) is 17.4 Å². The highest BCUT2D eigenvalue weighted by atomic mass is 32.2. The van der Waals surface area contributed by atoms with Gasteiger partial charge in [-0.2, -0.15) is 4.52 Å². The number of hydrogen-bond acceptors (Lipinski definition) is 6. The van der Waals surface area contributed by atoms with Crippen molar-refractivity contribution >= 4 is 29.1 Å². The average Bonchev–Trinajstić information content (AvgIpc) is 3.30. The number of anilines is 1. The third kappa shape index (κ3) is 3.30. The molecule has 128 valence electrons. The van der Waals surface area contributed by atoms with Gasteiger partial charge in [0.25, 0.3) is 5.91 Å². The summed E-state index contributed by atoms with van der Waals surface area (Å²) >= 11 is 1.63. The standard InChI is InChI=1S/C17H18N6OS/c1-25-14-4-2-3-12(9-14)17(24)19-13-7-8-22(10-13)16-6-5-15-20-18-11-23(15)21-16/h2-6,9,11,13H,7-8,10H2,1H3,(H,19,24)/t13-/m1/s1. The van der Waals surface area contributed by atoms with Crippen LogP contribution < -0.4 is 10.2 Å². The van der Waals surface area contributed by atoms with Gasteiger partial charge in [-0.05, 0) is 43.0 Å². The maximum Gasteiger partial charge on any atom is 0.251 e. The first-order chi connectivity index (χ1) is 12.2. The number of nitrogens with one attached hydrogen (secondary N) is 1. The second-order valence-corrected chi connectivity index (χ2v) is 6.84. The van der Waals surface area contributed by atoms with Crippen LogP contribution in [0.25, 0.3) is 5.65 Å². The summed E-state index contributed by atoms with van der Waals surface area (Å²) in [6.45, 7) is 1.60. The molecule has 0 bridgehead atoms. The Morgan fingerprint density at radius 1 is 1.32 bits per heavy atom. The van der Waals surface area contributed by atoms with Crippen LogP contribution in [0, 0.1) is 0 Å². The van der Waals surface area contributed by atoms with E-state index in [4.69, 9.17) is 0 Å². The lowest BCUT2D eigenvalue weighted by molar-refractivity contribution is 0.0940. The van der Waals surface area contributed by atoms with Crippen LogP contribution in [-0.2, 0) is 0 Å². The third-order valence-electron chi connectivity index (χ3n) is 4.33. The first-order valence-electron chi connectivity index (χ1n) is 8.10. The molecule has 1 atom stereocenters. The number of rotatable bonds is 4. The van der Waals surface area contributed by atoms with Gasteiger partial charge in [0.1, 0.15) is 12.1 Å². The lowest BCUT2D eigenvalue weighted by atomic mass is 10.2. The van der Waals surface area contributed by atoms with Crippen molar-refractivity contribution in [3.8, 4) is 0 Å². The summed E-state index contributed by atoms with van der Waals surface area (Å²) < 4.78 is 1.66. The molecule has 1 aliphatic rings. The lowest BCUT2D eigenvalue weighted by Crippen LogP contribution is -2.37. The number of amides is 1. The predicted molar refractivity (Wildman–Crippen MR) is 97.1 cm³/mol. The monoisotopic (exact) mass is 354 g/mol. The first kappa shape index (κ1) is 15.9. The van der Waals surface area contributed by atoms with Gasteiger partial charge in [0.2, 0.25) is 0 Å². The Morgan fingerprint density at radius 3 is 3.12 bits per heavy atom. The van der Waals surface area contributed by atoms with Crippen molar-refractivity contribution < 1.29 is 4.79 Å². The quantitative estimate of drug-likeness (QED) is 0.721. The molecule has 3 aromatic rings. The van der Waals surface area contributed by atoms with Crippen LogP contribution >= 0.6 is 11.8 Å². The molecule has 0 radical (unpaired) electrons. The van der Waals surface area contributed by atoms with E-state index in [0.717, 1.165) is 35.9 Å². The Labute approximate surface area is 149 Å². The topological polar surface area (TPSA) is 75.4 Å². The van der Waals surface area contributed by atoms with Crippen molar-refractivity contribution in [2.24, 2.45) is 0 Å². The Balaban J connectivity index is 1.42. The summed E-state index contributed by atoms with van der Waals surface area (Å²) in [6, 6.07) is 11.7. The third-order valence-corrected chi connectivity index (χ3v) is 5.05. The van der Waals surface area contributed by atoms with Crippen molar-refractivity contribution in [3.63, 3.8) is 0 Å². The fraction of sp³-hybridized carbons (Fsp3) is 0.294. The highest BCUT2D eigenvalue weighted by Gasteiger charge is 2.25. The largest absolute Gasteiger partial charge is 0.353 e. The fourth-order valence-electron chi connectivity index (χ4n) is 3.01. The van der Waals surface area contributed by atoms with Crippen molar-refractivity contribution in [2.75, 3.05) is 24.2 Å². The minimum Gasteiger partial charge on any atom is -0.353 e. The van der Waals surface area contributed by atoms with E-state index in [0.29, 0.717) is 5.56 Å². The summed E-state index contributed by atoms with van der Waals surface area (Å²) in [4.78, 5) is 15.7. The molecule has 1 amide bonds. The lowest BCUT2D eigenvalue weighted by Gasteiger charge is -2.18. The Morgan fingerprint density at radius 2 is 2.24 bits per heavy atom. The second kappa shape index (κ2) is 6.72. The van der Waals surface area contributed by atoms with Crippen LogP contribution in [-0.4, -0.2) is 51.1 Å². The molecule has 0 saturated carbocycles. The summed E-state index contributed by atoms with van der Waals surface area (Å²) in [5.41, 5.74) is 1.43. The van der Waals surface area contributed by atoms with E-state index in [1.54, 1.807) is 22.6 Å². The van der Waals surface area contributed by atoms with E-state index in [2.05, 4.69) is 25.5 Å². The summed E-state index contributed by atoms with van der Waals surface area (Å²) in [6.07, 6.45) is 4.49. The number of benzene rings is 1. The Hall–Kier alpha value is -2.61. The smallest absolute Gasteiger partial charge is 0.251 e. The molecule has 4 rings (SSSR count). The zero-order valence-electron chi connectivity index (χ0n) is 13.8. The summed E-state index contributed by atoms with van der Waals surface area (Å²) in [5, 5.41) is 15.4. The van der Waals surface area contributed by atoms with Gasteiger partial charge in [-0.1, -0.05) is 6.07 Å². The van der Waals surface area contributed by atoms with Gasteiger partial charge in [-0.25, -0.2) is 0 Å². The van der Waals surface area contributed by atoms with Crippen molar-refractivity contribution in [1.29, 1.82) is 0 Å². The Bertz CT molecular complexity index is 911. The summed E-state index contributed by atoms with van der Waals surface area (Å²) in [7, 11) is 0. The molecule has 1 N–H and O–H groups in total. The number of carbonyl (C=O) groups is 1. The van der Waals surface area contributed by atoms with Gasteiger partial charge in [0, 0.05) is 29.6 Å². The first-order valence-corrected chi connectivity index (χ1v) is 9.32. The van der Waals surface area contributed by atoms with E-state index < -0.39 is 0 Å². The van der Waals surface area contributed by atoms with Gasteiger partial charge >= 0.3 is 0 Å². The van der Waals surface area contributed by atoms with E-state index >= 15 is 0 Å². The normalized spacial score (nSPS) is 17.2. The molecule has 25 heavy (non-hydrogen) atoms. The highest BCUT2D eigenvalue weighted by Crippen LogP contribution is 2.19. The van der Waals surface area contributed by atoms with E-state index in [9.17, 15) is 4.79 Å². The molecule has 1 saturated heterocycles. The number of carbonyl (C=O) groups excluding carboxylic acids is 1. The van der Waals surface area contributed by atoms with Crippen LogP contribution in [0.3, 0.4) is 0 Å². The number of thioether (sulfide) groups is 1. The molecule has 3 heterocycles. The predicted octanol–water partition coefficient (Wildman–Crippen LogP) is 1.85. The molecule has 0 aliphatic carbocycles. The zero-order chi connectivity index (χ0) is 17.2. The minimum atomic E-state index is -0.0232. The maximum atomic E-state index is 12.5.